The minimum Gasteiger partial charge on any atom is -0.494 e. The van der Waals surface area contributed by atoms with Crippen molar-refractivity contribution in [2.45, 2.75) is 42.9 Å². The van der Waals surface area contributed by atoms with E-state index in [1.54, 1.807) is 38.5 Å². The molecule has 2 unspecified atom stereocenters. The van der Waals surface area contributed by atoms with E-state index in [0.29, 0.717) is 17.3 Å². The maximum atomic E-state index is 13.8. The molecule has 7 nitrogen and oxygen atoms in total. The number of benzene rings is 3. The molecule has 0 fully saturated rings. The van der Waals surface area contributed by atoms with E-state index in [4.69, 9.17) is 14.2 Å². The van der Waals surface area contributed by atoms with E-state index in [1.165, 1.54) is 5.56 Å². The van der Waals surface area contributed by atoms with Crippen molar-refractivity contribution in [2.75, 3.05) is 52.9 Å². The number of methoxy groups -OCH3 is 2. The van der Waals surface area contributed by atoms with Gasteiger partial charge >= 0.3 is 0 Å². The van der Waals surface area contributed by atoms with E-state index in [1.807, 2.05) is 42.3 Å². The number of hydrogen-bond donors (Lipinski definition) is 0. The van der Waals surface area contributed by atoms with Crippen LogP contribution in [0.3, 0.4) is 0 Å². The lowest BCUT2D eigenvalue weighted by molar-refractivity contribution is 0.264. The zero-order valence-electron chi connectivity index (χ0n) is 24.5. The number of anilines is 1. The average molecular weight is 567 g/mol. The Bertz CT molecular complexity index is 1370. The number of sulfone groups is 1. The Morgan fingerprint density at radius 1 is 0.925 bits per heavy atom. The summed E-state index contributed by atoms with van der Waals surface area (Å²) in [5.41, 5.74) is 3.29. The molecular formula is C32H42N2O5S. The fraction of sp³-hybridized carbons (Fsp3) is 0.438. The number of fused-ring (bicyclic) bond motifs is 1. The molecule has 0 radical (unpaired) electrons. The van der Waals surface area contributed by atoms with E-state index in [2.05, 4.69) is 37.9 Å². The van der Waals surface area contributed by atoms with Gasteiger partial charge in [-0.1, -0.05) is 38.1 Å². The number of nitrogens with zero attached hydrogens (tertiary/aromatic N) is 2. The van der Waals surface area contributed by atoms with Crippen LogP contribution in [0.2, 0.25) is 0 Å². The van der Waals surface area contributed by atoms with E-state index < -0.39 is 15.2 Å². The molecule has 4 rings (SSSR count). The average Bonchev–Trinajstić information content (AvgIpc) is 3.27. The van der Waals surface area contributed by atoms with Gasteiger partial charge in [0.15, 0.2) is 21.3 Å². The smallest absolute Gasteiger partial charge is 0.199 e. The molecule has 1 heterocycles. The quantitative estimate of drug-likeness (QED) is 0.248. The first kappa shape index (κ1) is 29.7. The van der Waals surface area contributed by atoms with Gasteiger partial charge < -0.3 is 24.0 Å². The Labute approximate surface area is 239 Å². The van der Waals surface area contributed by atoms with Crippen molar-refractivity contribution >= 4 is 15.5 Å². The fourth-order valence-corrected chi connectivity index (χ4v) is 7.74. The van der Waals surface area contributed by atoms with Crippen LogP contribution < -0.4 is 19.1 Å². The van der Waals surface area contributed by atoms with Gasteiger partial charge in [0.25, 0.3) is 0 Å². The summed E-state index contributed by atoms with van der Waals surface area (Å²) in [6.45, 7) is 6.55. The first-order valence-electron chi connectivity index (χ1n) is 13.8. The molecule has 0 saturated heterocycles. The molecule has 3 aromatic rings. The normalized spacial score (nSPS) is 16.9. The Morgan fingerprint density at radius 2 is 1.62 bits per heavy atom. The lowest BCUT2D eigenvalue weighted by Gasteiger charge is -2.29. The molecule has 0 aromatic heterocycles. The van der Waals surface area contributed by atoms with Gasteiger partial charge in [-0.05, 0) is 79.4 Å². The second-order valence-electron chi connectivity index (χ2n) is 10.8. The maximum absolute atomic E-state index is 13.8. The van der Waals surface area contributed by atoms with Crippen molar-refractivity contribution in [1.29, 1.82) is 0 Å². The fourth-order valence-electron chi connectivity index (χ4n) is 5.57. The van der Waals surface area contributed by atoms with Crippen LogP contribution in [0.1, 0.15) is 37.3 Å². The molecule has 0 bridgehead atoms. The summed E-state index contributed by atoms with van der Waals surface area (Å²) >= 11 is 0. The van der Waals surface area contributed by atoms with Gasteiger partial charge in [0.05, 0.1) is 25.7 Å². The Balaban J connectivity index is 1.28. The first-order valence-corrected chi connectivity index (χ1v) is 15.4. The van der Waals surface area contributed by atoms with Gasteiger partial charge in [0.2, 0.25) is 0 Å². The summed E-state index contributed by atoms with van der Waals surface area (Å²) in [6.07, 6.45) is 1.77. The second-order valence-corrected chi connectivity index (χ2v) is 12.8. The van der Waals surface area contributed by atoms with Crippen molar-refractivity contribution < 1.29 is 22.6 Å². The highest BCUT2D eigenvalue weighted by atomic mass is 32.2. The predicted molar refractivity (Wildman–Crippen MR) is 161 cm³/mol. The molecule has 0 N–H and O–H groups in total. The van der Waals surface area contributed by atoms with Gasteiger partial charge in [-0.25, -0.2) is 8.42 Å². The molecular weight excluding hydrogens is 524 g/mol. The summed E-state index contributed by atoms with van der Waals surface area (Å²) in [5.74, 6) is 2.25. The number of rotatable bonds is 13. The predicted octanol–water partition coefficient (Wildman–Crippen LogP) is 5.64. The third-order valence-corrected chi connectivity index (χ3v) is 9.91. The van der Waals surface area contributed by atoms with E-state index in [9.17, 15) is 8.42 Å². The van der Waals surface area contributed by atoms with Crippen molar-refractivity contribution in [1.82, 2.24) is 4.90 Å². The minimum atomic E-state index is -3.59. The van der Waals surface area contributed by atoms with Crippen LogP contribution in [0.25, 0.3) is 0 Å². The molecule has 0 aliphatic carbocycles. The summed E-state index contributed by atoms with van der Waals surface area (Å²) < 4.78 is 44.3. The largest absolute Gasteiger partial charge is 0.494 e. The van der Waals surface area contributed by atoms with E-state index in [-0.39, 0.29) is 11.8 Å². The summed E-state index contributed by atoms with van der Waals surface area (Å²) in [6, 6.07) is 20.9. The molecule has 0 saturated carbocycles. The molecule has 0 spiro atoms. The monoisotopic (exact) mass is 566 g/mol. The molecule has 0 amide bonds. The third kappa shape index (κ3) is 6.39. The summed E-state index contributed by atoms with van der Waals surface area (Å²) in [5, 5.41) is -0.633. The molecule has 3 aromatic carbocycles. The minimum absolute atomic E-state index is 0.0918. The van der Waals surface area contributed by atoms with Gasteiger partial charge in [-0.15, -0.1) is 0 Å². The van der Waals surface area contributed by atoms with Crippen LogP contribution in [-0.2, 0) is 16.3 Å². The Hall–Kier alpha value is -3.23. The SMILES string of the molecule is COc1ccc(CCN(C)CCCOc2ccc(S(=O)(=O)C3C(C(C)C)c4ccccc4N3C)cc2)cc1OC. The first-order chi connectivity index (χ1) is 19.2. The van der Waals surface area contributed by atoms with Crippen LogP contribution >= 0.6 is 0 Å². The highest BCUT2D eigenvalue weighted by Crippen LogP contribution is 2.47. The molecule has 1 aliphatic rings. The number of hydrogen-bond acceptors (Lipinski definition) is 7. The Morgan fingerprint density at radius 3 is 2.30 bits per heavy atom. The summed E-state index contributed by atoms with van der Waals surface area (Å²) in [7, 11) is 3.68. The highest BCUT2D eigenvalue weighted by Gasteiger charge is 2.46. The number of para-hydroxylation sites is 1. The van der Waals surface area contributed by atoms with Crippen molar-refractivity contribution in [3.05, 3.63) is 77.9 Å². The van der Waals surface area contributed by atoms with Crippen molar-refractivity contribution in [2.24, 2.45) is 5.92 Å². The molecule has 8 heteroatoms. The molecule has 1 aliphatic heterocycles. The van der Waals surface area contributed by atoms with E-state index in [0.717, 1.165) is 48.7 Å². The highest BCUT2D eigenvalue weighted by molar-refractivity contribution is 7.92. The van der Waals surface area contributed by atoms with Crippen molar-refractivity contribution in [3.63, 3.8) is 0 Å². The zero-order valence-corrected chi connectivity index (χ0v) is 25.3. The lowest BCUT2D eigenvalue weighted by atomic mass is 9.90. The second kappa shape index (κ2) is 13.0. The lowest BCUT2D eigenvalue weighted by Crippen LogP contribution is -2.39. The standard InChI is InChI=1S/C32H42N2O5S/c1-23(2)31-27-10-7-8-11-28(27)34(4)32(31)40(35,36)26-15-13-25(14-16-26)39-21-9-19-33(3)20-18-24-12-17-29(37-5)30(22-24)38-6/h7-8,10-17,22-23,31-32H,9,18-21H2,1-6H3. The number of ether oxygens (including phenoxy) is 3. The molecule has 2 atom stereocenters. The van der Waals surface area contributed by atoms with E-state index >= 15 is 0 Å². The van der Waals surface area contributed by atoms with Crippen LogP contribution in [0.15, 0.2) is 71.6 Å². The third-order valence-electron chi connectivity index (χ3n) is 7.74. The van der Waals surface area contributed by atoms with Crippen LogP contribution in [-0.4, -0.2) is 66.7 Å². The van der Waals surface area contributed by atoms with Gasteiger partial charge in [-0.2, -0.15) is 0 Å². The number of likely N-dealkylation sites (N-methyl/N-ethyl adjacent to an activating group) is 2. The van der Waals surface area contributed by atoms with Crippen LogP contribution in [0.5, 0.6) is 17.2 Å². The summed E-state index contributed by atoms with van der Waals surface area (Å²) in [4.78, 5) is 4.52. The maximum Gasteiger partial charge on any atom is 0.199 e. The zero-order chi connectivity index (χ0) is 28.9. The van der Waals surface area contributed by atoms with Gasteiger partial charge in [0.1, 0.15) is 11.1 Å². The van der Waals surface area contributed by atoms with Gasteiger partial charge in [0, 0.05) is 31.7 Å². The van der Waals surface area contributed by atoms with Crippen LogP contribution in [0, 0.1) is 5.92 Å². The van der Waals surface area contributed by atoms with Gasteiger partial charge in [-0.3, -0.25) is 0 Å². The topological polar surface area (TPSA) is 68.3 Å². The van der Waals surface area contributed by atoms with Crippen LogP contribution in [0.4, 0.5) is 5.69 Å². The molecule has 216 valence electrons. The van der Waals surface area contributed by atoms with Crippen molar-refractivity contribution in [3.8, 4) is 17.2 Å². The molecule has 40 heavy (non-hydrogen) atoms. The Kier molecular flexibility index (Phi) is 9.64.